The number of aliphatic hydroxyl groups is 2. The smallest absolute Gasteiger partial charge is 0.249 e. The maximum atomic E-state index is 11.7. The molecule has 1 aliphatic heterocycles. The average Bonchev–Trinajstić information content (AvgIpc) is 2.12. The monoisotopic (exact) mass is 258 g/mol. The van der Waals surface area contributed by atoms with Crippen molar-refractivity contribution in [1.29, 1.82) is 0 Å². The molecule has 1 atom stereocenters. The van der Waals surface area contributed by atoms with Crippen LogP contribution in [0.3, 0.4) is 0 Å². The average molecular weight is 258 g/mol. The standard InChI is InChI=1S/C13H26N2O3/c1-12(2)7-9(8-13(3,4)15-12)14-11(18)10(17)5-6-16/h9-10,15-17H,5-8H2,1-4H3,(H,14,18). The Labute approximate surface area is 109 Å². The summed E-state index contributed by atoms with van der Waals surface area (Å²) in [6, 6.07) is 0.0529. The molecular weight excluding hydrogens is 232 g/mol. The summed E-state index contributed by atoms with van der Waals surface area (Å²) in [6.45, 7) is 8.25. The second-order valence-corrected chi connectivity index (χ2v) is 6.53. The molecule has 18 heavy (non-hydrogen) atoms. The van der Waals surface area contributed by atoms with E-state index in [2.05, 4.69) is 38.3 Å². The maximum absolute atomic E-state index is 11.7. The van der Waals surface area contributed by atoms with Crippen molar-refractivity contribution in [2.75, 3.05) is 6.61 Å². The summed E-state index contributed by atoms with van der Waals surface area (Å²) in [5.41, 5.74) is -0.0801. The largest absolute Gasteiger partial charge is 0.396 e. The summed E-state index contributed by atoms with van der Waals surface area (Å²) in [5.74, 6) is -0.387. The van der Waals surface area contributed by atoms with E-state index in [1.165, 1.54) is 0 Å². The number of aliphatic hydroxyl groups excluding tert-OH is 2. The molecule has 1 rings (SSSR count). The Balaban J connectivity index is 2.59. The topological polar surface area (TPSA) is 81.6 Å². The maximum Gasteiger partial charge on any atom is 0.249 e. The van der Waals surface area contributed by atoms with Gasteiger partial charge in [-0.15, -0.1) is 0 Å². The van der Waals surface area contributed by atoms with Crippen molar-refractivity contribution >= 4 is 5.91 Å². The number of amides is 1. The van der Waals surface area contributed by atoms with Crippen LogP contribution in [0.15, 0.2) is 0 Å². The first-order chi connectivity index (χ1) is 8.15. The highest BCUT2D eigenvalue weighted by atomic mass is 16.3. The number of carbonyl (C=O) groups is 1. The molecule has 0 aromatic rings. The molecule has 1 saturated heterocycles. The molecule has 4 N–H and O–H groups in total. The molecule has 0 radical (unpaired) electrons. The fourth-order valence-corrected chi connectivity index (χ4v) is 2.98. The van der Waals surface area contributed by atoms with Crippen molar-refractivity contribution in [3.8, 4) is 0 Å². The van der Waals surface area contributed by atoms with Gasteiger partial charge in [-0.25, -0.2) is 0 Å². The van der Waals surface area contributed by atoms with Crippen molar-refractivity contribution in [2.24, 2.45) is 0 Å². The Bertz CT molecular complexity index is 287. The number of carbonyl (C=O) groups excluding carboxylic acids is 1. The lowest BCUT2D eigenvalue weighted by Crippen LogP contribution is -2.62. The van der Waals surface area contributed by atoms with Gasteiger partial charge in [0.05, 0.1) is 0 Å². The van der Waals surface area contributed by atoms with Gasteiger partial charge >= 0.3 is 0 Å². The Morgan fingerprint density at radius 2 is 1.83 bits per heavy atom. The number of hydrogen-bond acceptors (Lipinski definition) is 4. The normalized spacial score (nSPS) is 24.6. The summed E-state index contributed by atoms with van der Waals surface area (Å²) < 4.78 is 0. The molecule has 0 bridgehead atoms. The Kier molecular flexibility index (Phi) is 4.75. The highest BCUT2D eigenvalue weighted by Crippen LogP contribution is 2.28. The zero-order chi connectivity index (χ0) is 14.0. The van der Waals surface area contributed by atoms with Gasteiger partial charge in [-0.1, -0.05) is 0 Å². The van der Waals surface area contributed by atoms with E-state index in [1.807, 2.05) is 0 Å². The van der Waals surface area contributed by atoms with Gasteiger partial charge in [-0.3, -0.25) is 4.79 Å². The van der Waals surface area contributed by atoms with Crippen LogP contribution in [-0.2, 0) is 4.79 Å². The molecule has 5 heteroatoms. The molecule has 1 aliphatic rings. The molecule has 1 unspecified atom stereocenters. The first kappa shape index (κ1) is 15.4. The zero-order valence-corrected chi connectivity index (χ0v) is 11.8. The van der Waals surface area contributed by atoms with E-state index in [9.17, 15) is 9.90 Å². The Morgan fingerprint density at radius 1 is 1.33 bits per heavy atom. The van der Waals surface area contributed by atoms with Gasteiger partial charge in [-0.05, 0) is 40.5 Å². The second kappa shape index (κ2) is 5.55. The highest BCUT2D eigenvalue weighted by molar-refractivity contribution is 5.80. The van der Waals surface area contributed by atoms with Crippen LogP contribution in [0.4, 0.5) is 0 Å². The molecule has 106 valence electrons. The molecule has 0 saturated carbocycles. The van der Waals surface area contributed by atoms with Gasteiger partial charge in [0.1, 0.15) is 6.10 Å². The molecule has 5 nitrogen and oxygen atoms in total. The second-order valence-electron chi connectivity index (χ2n) is 6.53. The minimum atomic E-state index is -1.11. The van der Waals surface area contributed by atoms with Crippen molar-refractivity contribution in [1.82, 2.24) is 10.6 Å². The quantitative estimate of drug-likeness (QED) is 0.579. The van der Waals surface area contributed by atoms with E-state index in [4.69, 9.17) is 5.11 Å². The molecule has 1 heterocycles. The van der Waals surface area contributed by atoms with Gasteiger partial charge in [0.2, 0.25) is 5.91 Å². The SMILES string of the molecule is CC1(C)CC(NC(=O)C(O)CCO)CC(C)(C)N1. The minimum absolute atomic E-state index is 0.0401. The summed E-state index contributed by atoms with van der Waals surface area (Å²) in [4.78, 5) is 11.7. The lowest BCUT2D eigenvalue weighted by Gasteiger charge is -2.46. The fraction of sp³-hybridized carbons (Fsp3) is 0.923. The molecule has 0 aromatic carbocycles. The number of piperidine rings is 1. The summed E-state index contributed by atoms with van der Waals surface area (Å²) in [6.07, 6.45) is 0.627. The van der Waals surface area contributed by atoms with E-state index in [0.717, 1.165) is 12.8 Å². The van der Waals surface area contributed by atoms with Crippen LogP contribution in [0.5, 0.6) is 0 Å². The van der Waals surface area contributed by atoms with Crippen LogP contribution in [0.25, 0.3) is 0 Å². The summed E-state index contributed by atoms with van der Waals surface area (Å²) >= 11 is 0. The predicted octanol–water partition coefficient (Wildman–Crippen LogP) is 0.155. The lowest BCUT2D eigenvalue weighted by atomic mass is 9.79. The third kappa shape index (κ3) is 4.55. The van der Waals surface area contributed by atoms with E-state index in [1.54, 1.807) is 0 Å². The predicted molar refractivity (Wildman–Crippen MR) is 70.2 cm³/mol. The van der Waals surface area contributed by atoms with Gasteiger partial charge in [0.25, 0.3) is 0 Å². The van der Waals surface area contributed by atoms with E-state index >= 15 is 0 Å². The van der Waals surface area contributed by atoms with Crippen LogP contribution < -0.4 is 10.6 Å². The molecule has 0 spiro atoms. The highest BCUT2D eigenvalue weighted by Gasteiger charge is 2.38. The zero-order valence-electron chi connectivity index (χ0n) is 11.8. The minimum Gasteiger partial charge on any atom is -0.396 e. The van der Waals surface area contributed by atoms with Crippen LogP contribution in [-0.4, -0.2) is 46.0 Å². The van der Waals surface area contributed by atoms with Gasteiger partial charge in [0.15, 0.2) is 0 Å². The van der Waals surface area contributed by atoms with Crippen LogP contribution in [0.1, 0.15) is 47.0 Å². The molecule has 1 fully saturated rings. The molecule has 0 aliphatic carbocycles. The van der Waals surface area contributed by atoms with Crippen LogP contribution in [0.2, 0.25) is 0 Å². The number of nitrogens with one attached hydrogen (secondary N) is 2. The third-order valence-electron chi connectivity index (χ3n) is 3.24. The van der Waals surface area contributed by atoms with E-state index in [-0.39, 0.29) is 36.1 Å². The molecule has 1 amide bonds. The van der Waals surface area contributed by atoms with Crippen molar-refractivity contribution in [2.45, 2.75) is 70.2 Å². The third-order valence-corrected chi connectivity index (χ3v) is 3.24. The van der Waals surface area contributed by atoms with Gasteiger partial charge in [0, 0.05) is 30.1 Å². The van der Waals surface area contributed by atoms with E-state index < -0.39 is 6.10 Å². The first-order valence-corrected chi connectivity index (χ1v) is 6.54. The Morgan fingerprint density at radius 3 is 2.28 bits per heavy atom. The summed E-state index contributed by atoms with van der Waals surface area (Å²) in [7, 11) is 0. The summed E-state index contributed by atoms with van der Waals surface area (Å²) in [5, 5.41) is 24.6. The fourth-order valence-electron chi connectivity index (χ4n) is 2.98. The van der Waals surface area contributed by atoms with Crippen molar-refractivity contribution < 1.29 is 15.0 Å². The molecular formula is C13H26N2O3. The lowest BCUT2D eigenvalue weighted by molar-refractivity contribution is -0.131. The Hall–Kier alpha value is -0.650. The first-order valence-electron chi connectivity index (χ1n) is 6.54. The van der Waals surface area contributed by atoms with Crippen LogP contribution >= 0.6 is 0 Å². The van der Waals surface area contributed by atoms with Crippen molar-refractivity contribution in [3.05, 3.63) is 0 Å². The van der Waals surface area contributed by atoms with Crippen LogP contribution in [0, 0.1) is 0 Å². The van der Waals surface area contributed by atoms with E-state index in [0.29, 0.717) is 0 Å². The van der Waals surface area contributed by atoms with Gasteiger partial charge in [-0.2, -0.15) is 0 Å². The van der Waals surface area contributed by atoms with Gasteiger partial charge < -0.3 is 20.8 Å². The van der Waals surface area contributed by atoms with Crippen molar-refractivity contribution in [3.63, 3.8) is 0 Å². The number of rotatable bonds is 4. The molecule has 0 aromatic heterocycles. The number of hydrogen-bond donors (Lipinski definition) is 4.